The number of esters is 1. The van der Waals surface area contributed by atoms with Gasteiger partial charge in [-0.05, 0) is 12.1 Å². The lowest BCUT2D eigenvalue weighted by molar-refractivity contribution is -0.902. The third kappa shape index (κ3) is 4.45. The van der Waals surface area contributed by atoms with Gasteiger partial charge in [0.1, 0.15) is 0 Å². The van der Waals surface area contributed by atoms with Crippen LogP contribution in [0.3, 0.4) is 0 Å². The SMILES string of the molecule is C[N+]1(C)CCCC1CCOC(=O)c1ccccc1.[I-]. The summed E-state index contributed by atoms with van der Waals surface area (Å²) in [6, 6.07) is 9.82. The van der Waals surface area contributed by atoms with E-state index in [4.69, 9.17) is 4.74 Å². The molecule has 0 bridgehead atoms. The molecule has 1 aromatic carbocycles. The Hall–Kier alpha value is -0.620. The number of hydrogen-bond acceptors (Lipinski definition) is 2. The quantitative estimate of drug-likeness (QED) is 0.402. The van der Waals surface area contributed by atoms with E-state index in [1.165, 1.54) is 19.4 Å². The molecule has 1 heterocycles. The summed E-state index contributed by atoms with van der Waals surface area (Å²) >= 11 is 0. The highest BCUT2D eigenvalue weighted by atomic mass is 127. The van der Waals surface area contributed by atoms with Crippen LogP contribution in [-0.4, -0.2) is 43.7 Å². The Bertz CT molecular complexity index is 406. The van der Waals surface area contributed by atoms with Gasteiger partial charge in [-0.2, -0.15) is 0 Å². The molecule has 3 nitrogen and oxygen atoms in total. The number of hydrogen-bond donors (Lipinski definition) is 0. The third-order valence-corrected chi connectivity index (χ3v) is 3.95. The lowest BCUT2D eigenvalue weighted by Crippen LogP contribution is -3.00. The number of likely N-dealkylation sites (tertiary alicyclic amines) is 1. The van der Waals surface area contributed by atoms with Crippen LogP contribution in [0.25, 0.3) is 0 Å². The molecule has 2 rings (SSSR count). The van der Waals surface area contributed by atoms with E-state index in [1.807, 2.05) is 18.2 Å². The predicted molar refractivity (Wildman–Crippen MR) is 71.3 cm³/mol. The Labute approximate surface area is 132 Å². The van der Waals surface area contributed by atoms with Gasteiger partial charge in [0.2, 0.25) is 0 Å². The molecule has 1 fully saturated rings. The first kappa shape index (κ1) is 16.4. The lowest BCUT2D eigenvalue weighted by atomic mass is 10.1. The summed E-state index contributed by atoms with van der Waals surface area (Å²) in [5.41, 5.74) is 0.637. The van der Waals surface area contributed by atoms with Crippen LogP contribution in [-0.2, 0) is 4.74 Å². The van der Waals surface area contributed by atoms with Crippen molar-refractivity contribution >= 4 is 5.97 Å². The topological polar surface area (TPSA) is 26.3 Å². The van der Waals surface area contributed by atoms with Gasteiger partial charge in [-0.15, -0.1) is 0 Å². The zero-order chi connectivity index (χ0) is 13.0. The molecule has 0 aromatic heterocycles. The van der Waals surface area contributed by atoms with Crippen molar-refractivity contribution in [3.63, 3.8) is 0 Å². The van der Waals surface area contributed by atoms with Gasteiger partial charge < -0.3 is 33.2 Å². The molecule has 1 saturated heterocycles. The third-order valence-electron chi connectivity index (χ3n) is 3.95. The van der Waals surface area contributed by atoms with E-state index in [0.717, 1.165) is 10.9 Å². The highest BCUT2D eigenvalue weighted by Crippen LogP contribution is 2.24. The van der Waals surface area contributed by atoms with Gasteiger partial charge in [0.05, 0.1) is 38.9 Å². The fraction of sp³-hybridized carbons (Fsp3) is 0.533. The number of rotatable bonds is 4. The van der Waals surface area contributed by atoms with Gasteiger partial charge in [0.15, 0.2) is 0 Å². The first-order valence-corrected chi connectivity index (χ1v) is 6.64. The lowest BCUT2D eigenvalue weighted by Gasteiger charge is -2.31. The number of carbonyl (C=O) groups is 1. The summed E-state index contributed by atoms with van der Waals surface area (Å²) in [5, 5.41) is 0. The molecule has 0 radical (unpaired) electrons. The molecule has 106 valence electrons. The van der Waals surface area contributed by atoms with Crippen LogP contribution >= 0.6 is 0 Å². The molecule has 19 heavy (non-hydrogen) atoms. The minimum atomic E-state index is -0.209. The van der Waals surface area contributed by atoms with Crippen molar-refractivity contribution in [1.82, 2.24) is 0 Å². The van der Waals surface area contributed by atoms with Crippen molar-refractivity contribution in [1.29, 1.82) is 0 Å². The second-order valence-corrected chi connectivity index (χ2v) is 5.59. The largest absolute Gasteiger partial charge is 1.00 e. The summed E-state index contributed by atoms with van der Waals surface area (Å²) in [4.78, 5) is 11.8. The molecule has 0 saturated carbocycles. The minimum absolute atomic E-state index is 0. The maximum absolute atomic E-state index is 11.8. The van der Waals surface area contributed by atoms with Crippen molar-refractivity contribution in [3.05, 3.63) is 35.9 Å². The van der Waals surface area contributed by atoms with Crippen molar-refractivity contribution in [2.45, 2.75) is 25.3 Å². The van der Waals surface area contributed by atoms with E-state index in [2.05, 4.69) is 14.1 Å². The van der Waals surface area contributed by atoms with Gasteiger partial charge in [-0.1, -0.05) is 18.2 Å². The van der Waals surface area contributed by atoms with Gasteiger partial charge in [0, 0.05) is 19.3 Å². The highest BCUT2D eigenvalue weighted by Gasteiger charge is 2.33. The molecule has 0 amide bonds. The van der Waals surface area contributed by atoms with E-state index in [0.29, 0.717) is 18.2 Å². The summed E-state index contributed by atoms with van der Waals surface area (Å²) in [6.45, 7) is 1.76. The zero-order valence-electron chi connectivity index (χ0n) is 11.6. The Morgan fingerprint density at radius 3 is 2.58 bits per heavy atom. The first-order valence-electron chi connectivity index (χ1n) is 6.64. The predicted octanol–water partition coefficient (Wildman–Crippen LogP) is -0.524. The molecule has 1 aliphatic heterocycles. The second-order valence-electron chi connectivity index (χ2n) is 5.59. The summed E-state index contributed by atoms with van der Waals surface area (Å²) in [6.07, 6.45) is 3.49. The van der Waals surface area contributed by atoms with Gasteiger partial charge >= 0.3 is 5.97 Å². The van der Waals surface area contributed by atoms with Gasteiger partial charge in [0.25, 0.3) is 0 Å². The van der Waals surface area contributed by atoms with Gasteiger partial charge in [-0.3, -0.25) is 0 Å². The highest BCUT2D eigenvalue weighted by molar-refractivity contribution is 5.89. The smallest absolute Gasteiger partial charge is 0.338 e. The monoisotopic (exact) mass is 375 g/mol. The van der Waals surface area contributed by atoms with Crippen LogP contribution in [0.5, 0.6) is 0 Å². The molecule has 0 aliphatic carbocycles. The van der Waals surface area contributed by atoms with E-state index in [9.17, 15) is 4.79 Å². The molecule has 1 aromatic rings. The van der Waals surface area contributed by atoms with Crippen LogP contribution in [0.4, 0.5) is 0 Å². The number of halogens is 1. The fourth-order valence-corrected chi connectivity index (χ4v) is 2.71. The molecule has 0 spiro atoms. The van der Waals surface area contributed by atoms with Crippen LogP contribution in [0.2, 0.25) is 0 Å². The van der Waals surface area contributed by atoms with Crippen LogP contribution in [0, 0.1) is 0 Å². The van der Waals surface area contributed by atoms with Crippen molar-refractivity contribution in [3.8, 4) is 0 Å². The average Bonchev–Trinajstić information content (AvgIpc) is 2.70. The van der Waals surface area contributed by atoms with Gasteiger partial charge in [-0.25, -0.2) is 4.79 Å². The second kappa shape index (κ2) is 7.24. The molecule has 0 N–H and O–H groups in total. The Morgan fingerprint density at radius 2 is 2.00 bits per heavy atom. The molecule has 4 heteroatoms. The molecular formula is C15H22INO2. The number of benzene rings is 1. The maximum atomic E-state index is 11.8. The van der Waals surface area contributed by atoms with Crippen molar-refractivity contribution in [2.75, 3.05) is 27.2 Å². The zero-order valence-corrected chi connectivity index (χ0v) is 13.8. The average molecular weight is 375 g/mol. The van der Waals surface area contributed by atoms with Crippen molar-refractivity contribution in [2.24, 2.45) is 0 Å². The summed E-state index contributed by atoms with van der Waals surface area (Å²) in [5.74, 6) is -0.209. The number of ether oxygens (including phenoxy) is 1. The van der Waals surface area contributed by atoms with E-state index < -0.39 is 0 Å². The van der Waals surface area contributed by atoms with E-state index in [1.54, 1.807) is 12.1 Å². The molecule has 1 aliphatic rings. The Morgan fingerprint density at radius 1 is 1.32 bits per heavy atom. The first-order chi connectivity index (χ1) is 8.59. The number of nitrogens with zero attached hydrogens (tertiary/aromatic N) is 1. The standard InChI is InChI=1S/C15H22NO2.HI/c1-16(2)11-6-9-14(16)10-12-18-15(17)13-7-4-3-5-8-13;/h3-5,7-8,14H,6,9-12H2,1-2H3;1H/q+1;/p-1. The maximum Gasteiger partial charge on any atom is 0.338 e. The number of carbonyl (C=O) groups excluding carboxylic acids is 1. The minimum Gasteiger partial charge on any atom is -1.00 e. The molecule has 1 atom stereocenters. The van der Waals surface area contributed by atoms with Crippen LogP contribution < -0.4 is 24.0 Å². The van der Waals surface area contributed by atoms with Crippen molar-refractivity contribution < 1.29 is 38.0 Å². The Kier molecular flexibility index (Phi) is 6.26. The summed E-state index contributed by atoms with van der Waals surface area (Å²) in [7, 11) is 4.52. The fourth-order valence-electron chi connectivity index (χ4n) is 2.71. The van der Waals surface area contributed by atoms with E-state index in [-0.39, 0.29) is 29.9 Å². The normalized spacial score (nSPS) is 20.6. The summed E-state index contributed by atoms with van der Waals surface area (Å²) < 4.78 is 6.39. The molecular weight excluding hydrogens is 353 g/mol. The molecule has 1 unspecified atom stereocenters. The Balaban J connectivity index is 0.00000180. The van der Waals surface area contributed by atoms with E-state index >= 15 is 0 Å². The van der Waals surface area contributed by atoms with Crippen LogP contribution in [0.1, 0.15) is 29.6 Å². The van der Waals surface area contributed by atoms with Crippen LogP contribution in [0.15, 0.2) is 30.3 Å². The number of quaternary nitrogens is 1.